The molecule has 2 N–H and O–H groups in total. The fraction of sp³-hybridized carbons (Fsp3) is 0.400. The summed E-state index contributed by atoms with van der Waals surface area (Å²) in [5.41, 5.74) is 1.64. The van der Waals surface area contributed by atoms with Crippen LogP contribution in [-0.4, -0.2) is 16.5 Å². The normalized spacial score (nSPS) is 12.6. The summed E-state index contributed by atoms with van der Waals surface area (Å²) in [5, 5.41) is 3.44. The molecule has 0 aliphatic carbocycles. The van der Waals surface area contributed by atoms with Crippen molar-refractivity contribution in [3.8, 4) is 0 Å². The summed E-state index contributed by atoms with van der Waals surface area (Å²) in [5.74, 6) is 0.759. The molecule has 3 nitrogen and oxygen atoms in total. The van der Waals surface area contributed by atoms with Crippen LogP contribution in [0.3, 0.4) is 0 Å². The molecule has 1 unspecified atom stereocenters. The van der Waals surface area contributed by atoms with Crippen LogP contribution in [0.4, 0.5) is 4.39 Å². The maximum atomic E-state index is 13.7. The molecule has 0 bridgehead atoms. The molecule has 19 heavy (non-hydrogen) atoms. The molecule has 0 aliphatic heterocycles. The number of benzene rings is 1. The van der Waals surface area contributed by atoms with Crippen LogP contribution in [0.25, 0.3) is 0 Å². The van der Waals surface area contributed by atoms with Crippen LogP contribution in [0.15, 0.2) is 30.6 Å². The van der Waals surface area contributed by atoms with Crippen molar-refractivity contribution in [2.45, 2.75) is 32.7 Å². The van der Waals surface area contributed by atoms with Gasteiger partial charge in [-0.2, -0.15) is 0 Å². The van der Waals surface area contributed by atoms with Gasteiger partial charge in [-0.3, -0.25) is 0 Å². The van der Waals surface area contributed by atoms with Crippen molar-refractivity contribution >= 4 is 0 Å². The summed E-state index contributed by atoms with van der Waals surface area (Å²) < 4.78 is 13.7. The average Bonchev–Trinajstić information content (AvgIpc) is 2.91. The SMILES string of the molecule is CCCNC(Cc1ncc[nH]1)c1ccc(C)c(F)c1. The van der Waals surface area contributed by atoms with Crippen LogP contribution in [0.5, 0.6) is 0 Å². The highest BCUT2D eigenvalue weighted by atomic mass is 19.1. The number of hydrogen-bond donors (Lipinski definition) is 2. The van der Waals surface area contributed by atoms with Crippen molar-refractivity contribution in [2.75, 3.05) is 6.54 Å². The van der Waals surface area contributed by atoms with Gasteiger partial charge in [0.2, 0.25) is 0 Å². The van der Waals surface area contributed by atoms with Gasteiger partial charge in [0.05, 0.1) is 0 Å². The Kier molecular flexibility index (Phi) is 4.68. The average molecular weight is 261 g/mol. The molecule has 1 heterocycles. The van der Waals surface area contributed by atoms with Gasteiger partial charge in [-0.1, -0.05) is 19.1 Å². The van der Waals surface area contributed by atoms with Crippen molar-refractivity contribution < 1.29 is 4.39 Å². The summed E-state index contributed by atoms with van der Waals surface area (Å²) in [6.07, 6.45) is 5.32. The van der Waals surface area contributed by atoms with Crippen molar-refractivity contribution in [2.24, 2.45) is 0 Å². The van der Waals surface area contributed by atoms with Gasteiger partial charge in [-0.05, 0) is 37.1 Å². The molecular weight excluding hydrogens is 241 g/mol. The van der Waals surface area contributed by atoms with Crippen molar-refractivity contribution in [1.82, 2.24) is 15.3 Å². The van der Waals surface area contributed by atoms with E-state index in [-0.39, 0.29) is 11.9 Å². The van der Waals surface area contributed by atoms with Crippen LogP contribution in [0, 0.1) is 12.7 Å². The van der Waals surface area contributed by atoms with E-state index in [0.717, 1.165) is 30.8 Å². The zero-order valence-corrected chi connectivity index (χ0v) is 11.4. The lowest BCUT2D eigenvalue weighted by Crippen LogP contribution is -2.24. The first-order valence-electron chi connectivity index (χ1n) is 6.68. The van der Waals surface area contributed by atoms with E-state index in [9.17, 15) is 4.39 Å². The number of aromatic nitrogens is 2. The smallest absolute Gasteiger partial charge is 0.126 e. The third-order valence-corrected chi connectivity index (χ3v) is 3.19. The number of halogens is 1. The molecule has 102 valence electrons. The van der Waals surface area contributed by atoms with E-state index in [1.807, 2.05) is 18.3 Å². The molecule has 0 aliphatic rings. The van der Waals surface area contributed by atoms with Gasteiger partial charge in [0.15, 0.2) is 0 Å². The quantitative estimate of drug-likeness (QED) is 0.838. The number of hydrogen-bond acceptors (Lipinski definition) is 2. The lowest BCUT2D eigenvalue weighted by molar-refractivity contribution is 0.515. The van der Waals surface area contributed by atoms with Crippen molar-refractivity contribution in [3.05, 3.63) is 53.4 Å². The van der Waals surface area contributed by atoms with E-state index in [0.29, 0.717) is 5.56 Å². The lowest BCUT2D eigenvalue weighted by atomic mass is 10.0. The van der Waals surface area contributed by atoms with Gasteiger partial charge in [-0.25, -0.2) is 9.37 Å². The Bertz CT molecular complexity index is 508. The van der Waals surface area contributed by atoms with Gasteiger partial charge < -0.3 is 10.3 Å². The summed E-state index contributed by atoms with van der Waals surface area (Å²) in [4.78, 5) is 7.34. The second-order valence-electron chi connectivity index (χ2n) is 4.76. The van der Waals surface area contributed by atoms with E-state index in [1.54, 1.807) is 19.2 Å². The molecule has 0 spiro atoms. The minimum absolute atomic E-state index is 0.0844. The number of imidazole rings is 1. The molecule has 1 aromatic heterocycles. The van der Waals surface area contributed by atoms with Crippen LogP contribution in [-0.2, 0) is 6.42 Å². The first-order valence-corrected chi connectivity index (χ1v) is 6.68. The number of rotatable bonds is 6. The Morgan fingerprint density at radius 1 is 1.42 bits per heavy atom. The van der Waals surface area contributed by atoms with E-state index >= 15 is 0 Å². The molecule has 0 fully saturated rings. The number of H-pyrrole nitrogens is 1. The Labute approximate surface area is 113 Å². The van der Waals surface area contributed by atoms with E-state index in [4.69, 9.17) is 0 Å². The standard InChI is InChI=1S/C15H20FN3/c1-3-6-17-14(10-15-18-7-8-19-15)12-5-4-11(2)13(16)9-12/h4-5,7-9,14,17H,3,6,10H2,1-2H3,(H,18,19). The molecule has 4 heteroatoms. The predicted octanol–water partition coefficient (Wildman–Crippen LogP) is 3.14. The topological polar surface area (TPSA) is 40.7 Å². The van der Waals surface area contributed by atoms with E-state index in [2.05, 4.69) is 22.2 Å². The molecule has 1 atom stereocenters. The minimum atomic E-state index is -0.153. The Balaban J connectivity index is 2.18. The highest BCUT2D eigenvalue weighted by Gasteiger charge is 2.14. The number of aromatic amines is 1. The maximum Gasteiger partial charge on any atom is 0.126 e. The summed E-state index contributed by atoms with van der Waals surface area (Å²) in [6.45, 7) is 4.80. The highest BCUT2D eigenvalue weighted by Crippen LogP contribution is 2.19. The molecule has 0 saturated heterocycles. The molecule has 0 radical (unpaired) electrons. The van der Waals surface area contributed by atoms with Gasteiger partial charge in [0.1, 0.15) is 11.6 Å². The van der Waals surface area contributed by atoms with Crippen molar-refractivity contribution in [3.63, 3.8) is 0 Å². The molecule has 0 saturated carbocycles. The minimum Gasteiger partial charge on any atom is -0.349 e. The summed E-state index contributed by atoms with van der Waals surface area (Å²) in [6, 6.07) is 5.51. The van der Waals surface area contributed by atoms with Crippen LogP contribution < -0.4 is 5.32 Å². The fourth-order valence-electron chi connectivity index (χ4n) is 2.06. The monoisotopic (exact) mass is 261 g/mol. The Morgan fingerprint density at radius 2 is 2.26 bits per heavy atom. The highest BCUT2D eigenvalue weighted by molar-refractivity contribution is 5.26. The first-order chi connectivity index (χ1) is 9.20. The van der Waals surface area contributed by atoms with Gasteiger partial charge in [-0.15, -0.1) is 0 Å². The lowest BCUT2D eigenvalue weighted by Gasteiger charge is -2.18. The molecular formula is C15H20FN3. The van der Waals surface area contributed by atoms with Gasteiger partial charge >= 0.3 is 0 Å². The predicted molar refractivity (Wildman–Crippen MR) is 74.5 cm³/mol. The zero-order chi connectivity index (χ0) is 13.7. The van der Waals surface area contributed by atoms with Crippen LogP contribution in [0.2, 0.25) is 0 Å². The fourth-order valence-corrected chi connectivity index (χ4v) is 2.06. The molecule has 2 rings (SSSR count). The van der Waals surface area contributed by atoms with Crippen molar-refractivity contribution in [1.29, 1.82) is 0 Å². The molecule has 0 amide bonds. The number of nitrogens with zero attached hydrogens (tertiary/aromatic N) is 1. The maximum absolute atomic E-state index is 13.7. The van der Waals surface area contributed by atoms with Crippen LogP contribution in [0.1, 0.15) is 36.3 Å². The molecule has 1 aromatic carbocycles. The Morgan fingerprint density at radius 3 is 2.89 bits per heavy atom. The number of nitrogens with one attached hydrogen (secondary N) is 2. The van der Waals surface area contributed by atoms with Gasteiger partial charge in [0.25, 0.3) is 0 Å². The second kappa shape index (κ2) is 6.48. The second-order valence-corrected chi connectivity index (χ2v) is 4.76. The summed E-state index contributed by atoms with van der Waals surface area (Å²) >= 11 is 0. The molecule has 2 aromatic rings. The third kappa shape index (κ3) is 3.64. The first kappa shape index (κ1) is 13.7. The Hall–Kier alpha value is -1.68. The van der Waals surface area contributed by atoms with E-state index in [1.165, 1.54) is 0 Å². The van der Waals surface area contributed by atoms with Gasteiger partial charge in [0, 0.05) is 24.9 Å². The zero-order valence-electron chi connectivity index (χ0n) is 11.4. The van der Waals surface area contributed by atoms with Crippen LogP contribution >= 0.6 is 0 Å². The largest absolute Gasteiger partial charge is 0.349 e. The third-order valence-electron chi connectivity index (χ3n) is 3.19. The van der Waals surface area contributed by atoms with E-state index < -0.39 is 0 Å². The summed E-state index contributed by atoms with van der Waals surface area (Å²) in [7, 11) is 0. The number of aryl methyl sites for hydroxylation is 1.